The minimum Gasteiger partial charge on any atom is -0.481 e. The molecule has 0 fully saturated rings. The second-order valence-electron chi connectivity index (χ2n) is 16.0. The third-order valence-electron chi connectivity index (χ3n) is 10.2. The Labute approximate surface area is 317 Å². The molecule has 8 N–H and O–H groups in total. The number of carboxylic acids is 2. The Balaban J connectivity index is 4.61. The summed E-state index contributed by atoms with van der Waals surface area (Å²) < 4.78 is 11.2. The van der Waals surface area contributed by atoms with E-state index in [9.17, 15) is 33.9 Å². The minimum atomic E-state index is -1.22. The highest BCUT2D eigenvalue weighted by Crippen LogP contribution is 2.35. The molecule has 0 aliphatic heterocycles. The fourth-order valence-electron chi connectivity index (χ4n) is 5.80. The third kappa shape index (κ3) is 20.9. The highest BCUT2D eigenvalue weighted by atomic mass is 16.5. The zero-order chi connectivity index (χ0) is 40.9. The minimum absolute atomic E-state index is 0.0160. The standard InChI is InChI=1S/C38H71N5O10/c1-10-37(7,29(44)16-15-28(34(50)51)43-31(46)24-35(3,4)17-18-36(5,6)25-32(47)48)42-20-21-52-22-23-53-26-30(45)38(8,11-2)41-19-13-12-14-27(40-9)33(39)49/h27-28,40-42H,10-26H2,1-9H3,(H2,39,49)(H,43,46)(H,47,48)(H,50,51). The first-order valence-corrected chi connectivity index (χ1v) is 19.0. The molecule has 15 heteroatoms. The van der Waals surface area contributed by atoms with Gasteiger partial charge in [0.05, 0.1) is 43.4 Å². The molecule has 2 amide bonds. The van der Waals surface area contributed by atoms with Crippen LogP contribution in [0.4, 0.5) is 0 Å². The van der Waals surface area contributed by atoms with Gasteiger partial charge in [0.15, 0.2) is 11.6 Å². The number of carbonyl (C=O) groups is 6. The topological polar surface area (TPSA) is 235 Å². The first-order chi connectivity index (χ1) is 24.6. The van der Waals surface area contributed by atoms with Gasteiger partial charge in [-0.15, -0.1) is 0 Å². The zero-order valence-electron chi connectivity index (χ0n) is 33.9. The lowest BCUT2D eigenvalue weighted by Gasteiger charge is -2.30. The molecular formula is C38H71N5O10. The molecule has 4 atom stereocenters. The number of unbranched alkanes of at least 4 members (excludes halogenated alkanes) is 1. The molecule has 0 saturated heterocycles. The van der Waals surface area contributed by atoms with Crippen LogP contribution in [0.2, 0.25) is 0 Å². The predicted molar refractivity (Wildman–Crippen MR) is 203 cm³/mol. The maximum atomic E-state index is 13.2. The number of hydrogen-bond acceptors (Lipinski definition) is 11. The second-order valence-corrected chi connectivity index (χ2v) is 16.0. The number of nitrogens with one attached hydrogen (secondary N) is 4. The van der Waals surface area contributed by atoms with E-state index in [0.29, 0.717) is 45.2 Å². The molecule has 0 aromatic carbocycles. The summed E-state index contributed by atoms with van der Waals surface area (Å²) in [6.07, 6.45) is 4.41. The Morgan fingerprint density at radius 2 is 1.25 bits per heavy atom. The van der Waals surface area contributed by atoms with Crippen molar-refractivity contribution in [3.05, 3.63) is 0 Å². The van der Waals surface area contributed by atoms with Crippen molar-refractivity contribution in [1.29, 1.82) is 0 Å². The summed E-state index contributed by atoms with van der Waals surface area (Å²) in [5.74, 6) is -3.15. The molecule has 4 unspecified atom stereocenters. The second kappa shape index (κ2) is 24.4. The number of rotatable bonds is 33. The largest absolute Gasteiger partial charge is 0.481 e. The van der Waals surface area contributed by atoms with Crippen molar-refractivity contribution < 1.29 is 48.5 Å². The summed E-state index contributed by atoms with van der Waals surface area (Å²) >= 11 is 0. The highest BCUT2D eigenvalue weighted by Gasteiger charge is 2.33. The number of primary amides is 1. The summed E-state index contributed by atoms with van der Waals surface area (Å²) in [5.41, 5.74) is 2.79. The fourth-order valence-corrected chi connectivity index (χ4v) is 5.80. The van der Waals surface area contributed by atoms with Crippen LogP contribution in [0.25, 0.3) is 0 Å². The molecule has 0 aromatic rings. The van der Waals surface area contributed by atoms with Crippen molar-refractivity contribution in [2.24, 2.45) is 16.6 Å². The van der Waals surface area contributed by atoms with Crippen molar-refractivity contribution in [3.63, 3.8) is 0 Å². The van der Waals surface area contributed by atoms with E-state index in [0.717, 1.165) is 12.8 Å². The average molecular weight is 758 g/mol. The van der Waals surface area contributed by atoms with Crippen molar-refractivity contribution in [1.82, 2.24) is 21.3 Å². The number of Topliss-reactive ketones (excluding diaryl/α,β-unsaturated/α-hetero) is 2. The van der Waals surface area contributed by atoms with Gasteiger partial charge in [-0.2, -0.15) is 0 Å². The number of likely N-dealkylation sites (N-methyl/N-ethyl adjacent to an activating group) is 1. The SMILES string of the molecule is CCC(C)(NCCOCCOCC(=O)C(C)(CC)NCCCCC(NC)C(N)=O)C(=O)CCC(NC(=O)CC(C)(C)CCC(C)(C)CC(=O)O)C(=O)O. The molecule has 0 radical (unpaired) electrons. The number of amides is 2. The lowest BCUT2D eigenvalue weighted by atomic mass is 9.76. The predicted octanol–water partition coefficient (Wildman–Crippen LogP) is 2.97. The van der Waals surface area contributed by atoms with E-state index >= 15 is 0 Å². The molecule has 0 aromatic heterocycles. The van der Waals surface area contributed by atoms with Crippen LogP contribution in [-0.2, 0) is 38.2 Å². The molecule has 0 aliphatic carbocycles. The van der Waals surface area contributed by atoms with Crippen LogP contribution in [-0.4, -0.2) is 115 Å². The normalized spacial score (nSPS) is 15.5. The van der Waals surface area contributed by atoms with E-state index in [1.54, 1.807) is 14.0 Å². The molecule has 15 nitrogen and oxygen atoms in total. The number of hydrogen-bond donors (Lipinski definition) is 7. The Morgan fingerprint density at radius 1 is 0.698 bits per heavy atom. The number of carboxylic acid groups (broad SMARTS) is 2. The van der Waals surface area contributed by atoms with Crippen molar-refractivity contribution in [2.75, 3.05) is 46.6 Å². The first kappa shape index (κ1) is 50.0. The van der Waals surface area contributed by atoms with Crippen molar-refractivity contribution in [3.8, 4) is 0 Å². The van der Waals surface area contributed by atoms with E-state index in [4.69, 9.17) is 20.3 Å². The van der Waals surface area contributed by atoms with Gasteiger partial charge >= 0.3 is 11.9 Å². The van der Waals surface area contributed by atoms with E-state index < -0.39 is 45.8 Å². The van der Waals surface area contributed by atoms with Gasteiger partial charge < -0.3 is 46.7 Å². The van der Waals surface area contributed by atoms with E-state index in [1.165, 1.54) is 0 Å². The van der Waals surface area contributed by atoms with Crippen molar-refractivity contribution >= 4 is 35.3 Å². The van der Waals surface area contributed by atoms with Crippen LogP contribution in [0.1, 0.15) is 126 Å². The average Bonchev–Trinajstić information content (AvgIpc) is 3.06. The molecule has 0 spiro atoms. The van der Waals surface area contributed by atoms with Crippen LogP contribution in [0.5, 0.6) is 0 Å². The number of ether oxygens (including phenoxy) is 2. The van der Waals surface area contributed by atoms with E-state index in [2.05, 4.69) is 21.3 Å². The lowest BCUT2D eigenvalue weighted by Crippen LogP contribution is -2.51. The van der Waals surface area contributed by atoms with E-state index in [-0.39, 0.29) is 75.6 Å². The van der Waals surface area contributed by atoms with Crippen LogP contribution < -0.4 is 27.0 Å². The summed E-state index contributed by atoms with van der Waals surface area (Å²) in [6, 6.07) is -1.58. The quantitative estimate of drug-likeness (QED) is 0.0478. The molecule has 0 bridgehead atoms. The van der Waals surface area contributed by atoms with Gasteiger partial charge in [0.1, 0.15) is 12.6 Å². The molecule has 0 heterocycles. The summed E-state index contributed by atoms with van der Waals surface area (Å²) in [6.45, 7) is 16.6. The summed E-state index contributed by atoms with van der Waals surface area (Å²) in [4.78, 5) is 73.3. The number of nitrogens with two attached hydrogens (primary N) is 1. The van der Waals surface area contributed by atoms with Gasteiger partial charge in [0.25, 0.3) is 0 Å². The first-order valence-electron chi connectivity index (χ1n) is 19.0. The molecular weight excluding hydrogens is 686 g/mol. The Hall–Kier alpha value is -2.98. The summed E-state index contributed by atoms with van der Waals surface area (Å²) in [7, 11) is 1.70. The number of aliphatic carboxylic acids is 2. The molecule has 53 heavy (non-hydrogen) atoms. The smallest absolute Gasteiger partial charge is 0.326 e. The van der Waals surface area contributed by atoms with Crippen LogP contribution >= 0.6 is 0 Å². The van der Waals surface area contributed by atoms with Gasteiger partial charge in [-0.05, 0) is 83.2 Å². The summed E-state index contributed by atoms with van der Waals surface area (Å²) in [5, 5.41) is 30.9. The van der Waals surface area contributed by atoms with Gasteiger partial charge in [-0.1, -0.05) is 48.0 Å². The Morgan fingerprint density at radius 3 is 1.77 bits per heavy atom. The van der Waals surface area contributed by atoms with Gasteiger partial charge in [0, 0.05) is 19.4 Å². The molecule has 0 saturated carbocycles. The lowest BCUT2D eigenvalue weighted by molar-refractivity contribution is -0.142. The Kier molecular flexibility index (Phi) is 23.1. The Bertz CT molecular complexity index is 1180. The van der Waals surface area contributed by atoms with Gasteiger partial charge in [-0.3, -0.25) is 24.0 Å². The number of ketones is 2. The molecule has 0 rings (SSSR count). The highest BCUT2D eigenvalue weighted by molar-refractivity contribution is 5.90. The van der Waals surface area contributed by atoms with Crippen LogP contribution in [0.3, 0.4) is 0 Å². The third-order valence-corrected chi connectivity index (χ3v) is 10.2. The monoisotopic (exact) mass is 758 g/mol. The van der Waals surface area contributed by atoms with Gasteiger partial charge in [-0.25, -0.2) is 4.79 Å². The molecule has 308 valence electrons. The van der Waals surface area contributed by atoms with Gasteiger partial charge in [0.2, 0.25) is 11.8 Å². The maximum absolute atomic E-state index is 13.2. The van der Waals surface area contributed by atoms with Crippen molar-refractivity contribution in [2.45, 2.75) is 149 Å². The maximum Gasteiger partial charge on any atom is 0.326 e. The zero-order valence-corrected chi connectivity index (χ0v) is 33.9. The van der Waals surface area contributed by atoms with E-state index in [1.807, 2.05) is 48.5 Å². The fraction of sp³-hybridized carbons (Fsp3) is 0.842. The molecule has 0 aliphatic rings. The van der Waals surface area contributed by atoms with Crippen LogP contribution in [0.15, 0.2) is 0 Å². The number of carbonyl (C=O) groups excluding carboxylic acids is 4. The van der Waals surface area contributed by atoms with Crippen LogP contribution in [0, 0.1) is 10.8 Å².